The number of rotatable bonds is 12. The van der Waals surface area contributed by atoms with Crippen LogP contribution in [0.5, 0.6) is 0 Å². The number of carbonyl (C=O) groups is 3. The molecule has 3 aromatic carbocycles. The van der Waals surface area contributed by atoms with Gasteiger partial charge in [0.15, 0.2) is 0 Å². The molecule has 3 N–H and O–H groups in total. The second-order valence-corrected chi connectivity index (χ2v) is 12.0. The van der Waals surface area contributed by atoms with Gasteiger partial charge < -0.3 is 25.2 Å². The number of ether oxygens (including phenoxy) is 2. The number of alkyl carbamates (subject to hydrolysis) is 1. The van der Waals surface area contributed by atoms with Crippen LogP contribution in [0.1, 0.15) is 56.7 Å². The first kappa shape index (κ1) is 30.8. The Kier molecular flexibility index (Phi) is 10.0. The van der Waals surface area contributed by atoms with Gasteiger partial charge in [0.2, 0.25) is 5.91 Å². The predicted octanol–water partition coefficient (Wildman–Crippen LogP) is 5.75. The lowest BCUT2D eigenvalue weighted by molar-refractivity contribution is -0.142. The molecule has 0 saturated heterocycles. The fourth-order valence-corrected chi connectivity index (χ4v) is 5.38. The number of hydrogen-bond acceptors (Lipinski definition) is 5. The molecule has 3 atom stereocenters. The number of nitrogens with one attached hydrogen (secondary N) is 2. The molecule has 0 aliphatic heterocycles. The number of fused-ring (bicyclic) bond motifs is 3. The van der Waals surface area contributed by atoms with Crippen LogP contribution in [0.3, 0.4) is 0 Å². The molecular formula is C34H40N2O6. The van der Waals surface area contributed by atoms with Crippen LogP contribution in [0.4, 0.5) is 4.79 Å². The molecule has 0 heterocycles. The lowest BCUT2D eigenvalue weighted by Gasteiger charge is -2.27. The van der Waals surface area contributed by atoms with Gasteiger partial charge in [0, 0.05) is 12.5 Å². The third-order valence-corrected chi connectivity index (χ3v) is 7.46. The van der Waals surface area contributed by atoms with Crippen LogP contribution in [0.25, 0.3) is 11.1 Å². The van der Waals surface area contributed by atoms with Crippen LogP contribution < -0.4 is 10.6 Å². The van der Waals surface area contributed by atoms with E-state index in [2.05, 4.69) is 22.8 Å². The molecule has 3 aromatic rings. The van der Waals surface area contributed by atoms with Gasteiger partial charge in [-0.25, -0.2) is 4.79 Å². The van der Waals surface area contributed by atoms with Crippen molar-refractivity contribution in [1.82, 2.24) is 10.6 Å². The van der Waals surface area contributed by atoms with Gasteiger partial charge in [0.1, 0.15) is 12.6 Å². The maximum Gasteiger partial charge on any atom is 0.407 e. The van der Waals surface area contributed by atoms with E-state index in [0.717, 1.165) is 27.8 Å². The molecule has 0 spiro atoms. The smallest absolute Gasteiger partial charge is 0.407 e. The summed E-state index contributed by atoms with van der Waals surface area (Å²) in [6, 6.07) is 24.5. The molecular weight excluding hydrogens is 532 g/mol. The summed E-state index contributed by atoms with van der Waals surface area (Å²) in [6.07, 6.45) is -1.10. The molecule has 2 amide bonds. The Morgan fingerprint density at radius 1 is 0.881 bits per heavy atom. The molecule has 0 saturated carbocycles. The van der Waals surface area contributed by atoms with Gasteiger partial charge in [-0.3, -0.25) is 9.59 Å². The number of carboxylic acid groups (broad SMARTS) is 1. The van der Waals surface area contributed by atoms with Gasteiger partial charge in [-0.1, -0.05) is 99.6 Å². The molecule has 8 nitrogen and oxygen atoms in total. The normalized spacial score (nSPS) is 14.7. The van der Waals surface area contributed by atoms with E-state index in [1.165, 1.54) is 0 Å². The lowest BCUT2D eigenvalue weighted by atomic mass is 9.84. The van der Waals surface area contributed by atoms with Gasteiger partial charge in [-0.2, -0.15) is 0 Å². The third-order valence-electron chi connectivity index (χ3n) is 7.46. The first-order chi connectivity index (χ1) is 20.0. The second kappa shape index (κ2) is 13.7. The number of hydrogen-bond donors (Lipinski definition) is 3. The van der Waals surface area contributed by atoms with E-state index in [1.54, 1.807) is 6.92 Å². The summed E-state index contributed by atoms with van der Waals surface area (Å²) in [7, 11) is 0. The highest BCUT2D eigenvalue weighted by Crippen LogP contribution is 2.44. The number of carbonyl (C=O) groups excluding carboxylic acids is 2. The predicted molar refractivity (Wildman–Crippen MR) is 161 cm³/mol. The average molecular weight is 573 g/mol. The van der Waals surface area contributed by atoms with E-state index < -0.39 is 36.0 Å². The molecule has 8 heteroatoms. The van der Waals surface area contributed by atoms with Crippen LogP contribution in [-0.4, -0.2) is 48.4 Å². The second-order valence-electron chi connectivity index (χ2n) is 12.0. The van der Waals surface area contributed by atoms with Crippen molar-refractivity contribution >= 4 is 18.0 Å². The summed E-state index contributed by atoms with van der Waals surface area (Å²) in [6.45, 7) is 7.81. The quantitative estimate of drug-likeness (QED) is 0.255. The van der Waals surface area contributed by atoms with Gasteiger partial charge >= 0.3 is 12.1 Å². The summed E-state index contributed by atoms with van der Waals surface area (Å²) in [4.78, 5) is 38.3. The standard InChI is InChI=1S/C34H40N2O6/c1-22(41-20-23-12-6-5-7-13-23)30(31(37)35-19-24(32(38)39)18-34(2,3)4)36-33(40)42-21-29-27-16-10-8-14-25(27)26-15-9-11-17-28(26)29/h5-17,22,24,29-30H,18-21H2,1-4H3,(H,35,37)(H,36,40)(H,38,39)/t22-,24?,30+/m0/s1. The third kappa shape index (κ3) is 7.97. The molecule has 0 aromatic heterocycles. The highest BCUT2D eigenvalue weighted by Gasteiger charge is 2.33. The minimum Gasteiger partial charge on any atom is -0.481 e. The zero-order valence-electron chi connectivity index (χ0n) is 24.6. The number of carboxylic acids is 1. The highest BCUT2D eigenvalue weighted by molar-refractivity contribution is 5.86. The topological polar surface area (TPSA) is 114 Å². The Morgan fingerprint density at radius 3 is 2.02 bits per heavy atom. The van der Waals surface area contributed by atoms with E-state index in [0.29, 0.717) is 6.42 Å². The summed E-state index contributed by atoms with van der Waals surface area (Å²) < 4.78 is 11.7. The molecule has 1 unspecified atom stereocenters. The van der Waals surface area contributed by atoms with Crippen LogP contribution in [0.2, 0.25) is 0 Å². The molecule has 1 aliphatic rings. The van der Waals surface area contributed by atoms with Gasteiger partial charge in [-0.05, 0) is 46.6 Å². The Hall–Kier alpha value is -4.17. The van der Waals surface area contributed by atoms with Crippen LogP contribution in [0, 0.1) is 11.3 Å². The molecule has 42 heavy (non-hydrogen) atoms. The molecule has 1 aliphatic carbocycles. The SMILES string of the molecule is C[C@H](OCc1ccccc1)[C@@H](NC(=O)OCC1c2ccccc2-c2ccccc21)C(=O)NCC(CC(C)(C)C)C(=O)O. The summed E-state index contributed by atoms with van der Waals surface area (Å²) >= 11 is 0. The van der Waals surface area contributed by atoms with Crippen LogP contribution in [-0.2, 0) is 25.7 Å². The summed E-state index contributed by atoms with van der Waals surface area (Å²) in [5, 5.41) is 15.1. The maximum atomic E-state index is 13.4. The first-order valence-corrected chi connectivity index (χ1v) is 14.3. The zero-order valence-corrected chi connectivity index (χ0v) is 24.6. The Bertz CT molecular complexity index is 1340. The number of aliphatic carboxylic acids is 1. The molecule has 222 valence electrons. The fraction of sp³-hybridized carbons (Fsp3) is 0.382. The fourth-order valence-electron chi connectivity index (χ4n) is 5.38. The van der Waals surface area contributed by atoms with Crippen molar-refractivity contribution in [3.05, 3.63) is 95.6 Å². The number of benzene rings is 3. The molecule has 0 bridgehead atoms. The number of amides is 2. The van der Waals surface area contributed by atoms with Crippen molar-refractivity contribution in [3.63, 3.8) is 0 Å². The molecule has 0 radical (unpaired) electrons. The van der Waals surface area contributed by atoms with E-state index in [1.807, 2.05) is 87.5 Å². The van der Waals surface area contributed by atoms with Gasteiger partial charge in [-0.15, -0.1) is 0 Å². The van der Waals surface area contributed by atoms with Crippen molar-refractivity contribution in [1.29, 1.82) is 0 Å². The Balaban J connectivity index is 1.44. The van der Waals surface area contributed by atoms with E-state index >= 15 is 0 Å². The average Bonchev–Trinajstić information content (AvgIpc) is 3.29. The van der Waals surface area contributed by atoms with Crippen LogP contribution >= 0.6 is 0 Å². The van der Waals surface area contributed by atoms with Crippen molar-refractivity contribution in [2.45, 2.75) is 58.8 Å². The monoisotopic (exact) mass is 572 g/mol. The van der Waals surface area contributed by atoms with Crippen molar-refractivity contribution < 1.29 is 29.0 Å². The minimum atomic E-state index is -1.10. The van der Waals surface area contributed by atoms with E-state index in [-0.39, 0.29) is 31.1 Å². The summed E-state index contributed by atoms with van der Waals surface area (Å²) in [5.41, 5.74) is 5.08. The highest BCUT2D eigenvalue weighted by atomic mass is 16.5. The summed E-state index contributed by atoms with van der Waals surface area (Å²) in [5.74, 6) is -2.43. The van der Waals surface area contributed by atoms with E-state index in [4.69, 9.17) is 9.47 Å². The van der Waals surface area contributed by atoms with E-state index in [9.17, 15) is 19.5 Å². The van der Waals surface area contributed by atoms with Gasteiger partial charge in [0.25, 0.3) is 0 Å². The van der Waals surface area contributed by atoms with Gasteiger partial charge in [0.05, 0.1) is 18.6 Å². The van der Waals surface area contributed by atoms with Crippen molar-refractivity contribution in [2.75, 3.05) is 13.2 Å². The van der Waals surface area contributed by atoms with Crippen molar-refractivity contribution in [3.8, 4) is 11.1 Å². The van der Waals surface area contributed by atoms with Crippen molar-refractivity contribution in [2.24, 2.45) is 11.3 Å². The minimum absolute atomic E-state index is 0.0697. The largest absolute Gasteiger partial charge is 0.481 e. The lowest BCUT2D eigenvalue weighted by Crippen LogP contribution is -2.54. The maximum absolute atomic E-state index is 13.4. The molecule has 0 fully saturated rings. The Morgan fingerprint density at radius 2 is 1.45 bits per heavy atom. The first-order valence-electron chi connectivity index (χ1n) is 14.3. The van der Waals surface area contributed by atoms with Crippen LogP contribution in [0.15, 0.2) is 78.9 Å². The molecule has 4 rings (SSSR count). The Labute approximate surface area is 247 Å². The zero-order chi connectivity index (χ0) is 30.3.